The van der Waals surface area contributed by atoms with E-state index in [1.54, 1.807) is 0 Å². The smallest absolute Gasteiger partial charge is 0.0224 e. The van der Waals surface area contributed by atoms with E-state index in [0.717, 1.165) is 18.0 Å². The van der Waals surface area contributed by atoms with Gasteiger partial charge in [-0.15, -0.1) is 0 Å². The highest BCUT2D eigenvalue weighted by Gasteiger charge is 2.38. The van der Waals surface area contributed by atoms with Crippen LogP contribution < -0.4 is 5.32 Å². The molecule has 2 saturated heterocycles. The summed E-state index contributed by atoms with van der Waals surface area (Å²) in [4.78, 5) is 2.71. The van der Waals surface area contributed by atoms with Crippen LogP contribution in [0.1, 0.15) is 25.7 Å². The molecule has 0 radical (unpaired) electrons. The first kappa shape index (κ1) is 7.34. The second-order valence-corrected chi connectivity index (χ2v) is 4.62. The summed E-state index contributed by atoms with van der Waals surface area (Å²) in [5, 5.41) is 3.63. The van der Waals surface area contributed by atoms with Crippen molar-refractivity contribution in [3.63, 3.8) is 0 Å². The van der Waals surface area contributed by atoms with E-state index in [0.29, 0.717) is 0 Å². The van der Waals surface area contributed by atoms with E-state index in [1.165, 1.54) is 45.3 Å². The molecule has 0 bridgehead atoms. The third-order valence-corrected chi connectivity index (χ3v) is 3.77. The zero-order valence-corrected chi connectivity index (χ0v) is 7.63. The molecule has 1 N–H and O–H groups in total. The number of piperidine rings is 1. The van der Waals surface area contributed by atoms with Gasteiger partial charge in [0, 0.05) is 18.6 Å². The van der Waals surface area contributed by atoms with Crippen molar-refractivity contribution in [2.45, 2.75) is 37.8 Å². The predicted molar refractivity (Wildman–Crippen MR) is 49.1 cm³/mol. The average molecular weight is 166 g/mol. The Bertz CT molecular complexity index is 177. The van der Waals surface area contributed by atoms with E-state index in [9.17, 15) is 0 Å². The van der Waals surface area contributed by atoms with Gasteiger partial charge in [-0.2, -0.15) is 0 Å². The van der Waals surface area contributed by atoms with Crippen molar-refractivity contribution >= 4 is 0 Å². The molecular weight excluding hydrogens is 148 g/mol. The maximum absolute atomic E-state index is 3.63. The largest absolute Gasteiger partial charge is 0.312 e. The summed E-state index contributed by atoms with van der Waals surface area (Å²) < 4.78 is 0. The van der Waals surface area contributed by atoms with Crippen molar-refractivity contribution < 1.29 is 0 Å². The molecule has 0 aromatic rings. The molecule has 3 fully saturated rings. The molecule has 0 aromatic heterocycles. The second-order valence-electron chi connectivity index (χ2n) is 4.62. The zero-order chi connectivity index (χ0) is 7.97. The highest BCUT2D eigenvalue weighted by Crippen LogP contribution is 2.33. The van der Waals surface area contributed by atoms with E-state index in [2.05, 4.69) is 10.2 Å². The van der Waals surface area contributed by atoms with Crippen LogP contribution in [-0.2, 0) is 0 Å². The van der Waals surface area contributed by atoms with Gasteiger partial charge in [0.2, 0.25) is 0 Å². The van der Waals surface area contributed by atoms with Crippen LogP contribution in [0.15, 0.2) is 0 Å². The first-order valence-electron chi connectivity index (χ1n) is 5.41. The molecule has 2 aliphatic heterocycles. The molecular formula is C10H18N2. The molecule has 0 spiro atoms. The van der Waals surface area contributed by atoms with E-state index in [1.807, 2.05) is 0 Å². The topological polar surface area (TPSA) is 15.3 Å². The molecule has 68 valence electrons. The first-order chi connectivity index (χ1) is 5.93. The van der Waals surface area contributed by atoms with Gasteiger partial charge in [0.05, 0.1) is 0 Å². The Kier molecular flexibility index (Phi) is 1.66. The van der Waals surface area contributed by atoms with Crippen LogP contribution in [0.4, 0.5) is 0 Å². The van der Waals surface area contributed by atoms with Crippen LogP contribution >= 0.6 is 0 Å². The minimum absolute atomic E-state index is 0.847. The molecule has 1 aliphatic carbocycles. The lowest BCUT2D eigenvalue weighted by Crippen LogP contribution is -2.47. The predicted octanol–water partition coefficient (Wildman–Crippen LogP) is 0.833. The lowest BCUT2D eigenvalue weighted by molar-refractivity contribution is 0.159. The fourth-order valence-corrected chi connectivity index (χ4v) is 2.83. The third-order valence-electron chi connectivity index (χ3n) is 3.77. The molecule has 12 heavy (non-hydrogen) atoms. The van der Waals surface area contributed by atoms with E-state index in [4.69, 9.17) is 0 Å². The Morgan fingerprint density at radius 1 is 1.08 bits per heavy atom. The fraction of sp³-hybridized carbons (Fsp3) is 1.00. The Hall–Kier alpha value is -0.0800. The number of hydrogen-bond acceptors (Lipinski definition) is 2. The Balaban J connectivity index is 1.64. The highest BCUT2D eigenvalue weighted by atomic mass is 15.2. The molecule has 2 heterocycles. The molecule has 2 heteroatoms. The quantitative estimate of drug-likeness (QED) is 0.621. The van der Waals surface area contributed by atoms with Crippen LogP contribution in [0.2, 0.25) is 0 Å². The SMILES string of the molecule is C1CC2CCN(C3CC3)CC2N1. The molecule has 0 aromatic carbocycles. The lowest BCUT2D eigenvalue weighted by Gasteiger charge is -2.34. The van der Waals surface area contributed by atoms with Gasteiger partial charge >= 0.3 is 0 Å². The average Bonchev–Trinajstić information content (AvgIpc) is 2.84. The van der Waals surface area contributed by atoms with Crippen molar-refractivity contribution in [3.05, 3.63) is 0 Å². The molecule has 2 unspecified atom stereocenters. The van der Waals surface area contributed by atoms with Crippen LogP contribution in [0.25, 0.3) is 0 Å². The van der Waals surface area contributed by atoms with Gasteiger partial charge < -0.3 is 5.32 Å². The van der Waals surface area contributed by atoms with Gasteiger partial charge in [0.15, 0.2) is 0 Å². The summed E-state index contributed by atoms with van der Waals surface area (Å²) in [5.74, 6) is 1.01. The van der Waals surface area contributed by atoms with Crippen molar-refractivity contribution in [2.24, 2.45) is 5.92 Å². The minimum atomic E-state index is 0.847. The van der Waals surface area contributed by atoms with Gasteiger partial charge in [-0.25, -0.2) is 0 Å². The van der Waals surface area contributed by atoms with Crippen LogP contribution in [-0.4, -0.2) is 36.6 Å². The van der Waals surface area contributed by atoms with E-state index < -0.39 is 0 Å². The van der Waals surface area contributed by atoms with Crippen molar-refractivity contribution in [1.29, 1.82) is 0 Å². The summed E-state index contributed by atoms with van der Waals surface area (Å²) in [6, 6.07) is 1.83. The molecule has 3 rings (SSSR count). The summed E-state index contributed by atoms with van der Waals surface area (Å²) >= 11 is 0. The number of nitrogens with zero attached hydrogens (tertiary/aromatic N) is 1. The normalized spacial score (nSPS) is 43.0. The van der Waals surface area contributed by atoms with Crippen molar-refractivity contribution in [1.82, 2.24) is 10.2 Å². The van der Waals surface area contributed by atoms with Gasteiger partial charge in [0.1, 0.15) is 0 Å². The van der Waals surface area contributed by atoms with Crippen LogP contribution in [0.5, 0.6) is 0 Å². The number of nitrogens with one attached hydrogen (secondary N) is 1. The van der Waals surface area contributed by atoms with Gasteiger partial charge in [-0.05, 0) is 44.7 Å². The van der Waals surface area contributed by atoms with Crippen molar-refractivity contribution in [3.8, 4) is 0 Å². The fourth-order valence-electron chi connectivity index (χ4n) is 2.83. The highest BCUT2D eigenvalue weighted by molar-refractivity contribution is 4.95. The third kappa shape index (κ3) is 1.17. The lowest BCUT2D eigenvalue weighted by atomic mass is 9.92. The molecule has 0 amide bonds. The molecule has 2 nitrogen and oxygen atoms in total. The number of rotatable bonds is 1. The number of hydrogen-bond donors (Lipinski definition) is 1. The monoisotopic (exact) mass is 166 g/mol. The Labute approximate surface area is 74.3 Å². The second kappa shape index (κ2) is 2.71. The van der Waals surface area contributed by atoms with Gasteiger partial charge in [0.25, 0.3) is 0 Å². The first-order valence-corrected chi connectivity index (χ1v) is 5.41. The maximum atomic E-state index is 3.63. The zero-order valence-electron chi connectivity index (χ0n) is 7.63. The number of likely N-dealkylation sites (tertiary alicyclic amines) is 1. The van der Waals surface area contributed by atoms with Crippen LogP contribution in [0, 0.1) is 5.92 Å². The number of fused-ring (bicyclic) bond motifs is 1. The molecule has 1 saturated carbocycles. The summed E-state index contributed by atoms with van der Waals surface area (Å²) in [6.07, 6.45) is 5.83. The summed E-state index contributed by atoms with van der Waals surface area (Å²) in [5.41, 5.74) is 0. The van der Waals surface area contributed by atoms with Crippen LogP contribution in [0.3, 0.4) is 0 Å². The van der Waals surface area contributed by atoms with E-state index >= 15 is 0 Å². The van der Waals surface area contributed by atoms with Crippen molar-refractivity contribution in [2.75, 3.05) is 19.6 Å². The Morgan fingerprint density at radius 2 is 2.00 bits per heavy atom. The minimum Gasteiger partial charge on any atom is -0.312 e. The molecule has 2 atom stereocenters. The summed E-state index contributed by atoms with van der Waals surface area (Å²) in [7, 11) is 0. The molecule has 3 aliphatic rings. The standard InChI is InChI=1S/C10H18N2/c1-2-9(1)12-6-4-8-3-5-11-10(8)7-12/h8-11H,1-7H2. The maximum Gasteiger partial charge on any atom is 0.0224 e. The van der Waals surface area contributed by atoms with Gasteiger partial charge in [-0.1, -0.05) is 0 Å². The van der Waals surface area contributed by atoms with E-state index in [-0.39, 0.29) is 0 Å². The Morgan fingerprint density at radius 3 is 2.83 bits per heavy atom. The summed E-state index contributed by atoms with van der Waals surface area (Å²) in [6.45, 7) is 4.00. The van der Waals surface area contributed by atoms with Gasteiger partial charge in [-0.3, -0.25) is 4.90 Å².